The van der Waals surface area contributed by atoms with Crippen LogP contribution in [0.25, 0.3) is 0 Å². The van der Waals surface area contributed by atoms with Crippen molar-refractivity contribution in [1.82, 2.24) is 4.90 Å². The average Bonchev–Trinajstić information content (AvgIpc) is 2.27. The first kappa shape index (κ1) is 14.4. The second kappa shape index (κ2) is 7.60. The number of hydrogen-bond acceptors (Lipinski definition) is 2. The first-order valence-corrected chi connectivity index (χ1v) is 8.15. The molecule has 0 saturated carbocycles. The van der Waals surface area contributed by atoms with E-state index in [1.807, 2.05) is 11.8 Å². The minimum Gasteiger partial charge on any atom is -0.303 e. The van der Waals surface area contributed by atoms with Crippen molar-refractivity contribution in [3.63, 3.8) is 0 Å². The Labute approximate surface area is 106 Å². The molecule has 2 heteroatoms. The number of piperidine rings is 1. The molecule has 1 rings (SSSR count). The summed E-state index contributed by atoms with van der Waals surface area (Å²) in [5.41, 5.74) is 0. The fourth-order valence-corrected chi connectivity index (χ4v) is 2.94. The Hall–Kier alpha value is 0.310. The van der Waals surface area contributed by atoms with Gasteiger partial charge in [0.15, 0.2) is 0 Å². The van der Waals surface area contributed by atoms with Crippen LogP contribution in [0.4, 0.5) is 0 Å². The van der Waals surface area contributed by atoms with Crippen LogP contribution >= 0.6 is 11.8 Å². The van der Waals surface area contributed by atoms with Gasteiger partial charge in [0, 0.05) is 5.25 Å². The van der Waals surface area contributed by atoms with Gasteiger partial charge in [0.1, 0.15) is 0 Å². The Balaban J connectivity index is 2.12. The van der Waals surface area contributed by atoms with Gasteiger partial charge >= 0.3 is 0 Å². The van der Waals surface area contributed by atoms with Gasteiger partial charge in [0.05, 0.1) is 0 Å². The molecule has 0 N–H and O–H groups in total. The molecule has 0 aliphatic carbocycles. The van der Waals surface area contributed by atoms with Crippen LogP contribution in [0, 0.1) is 11.8 Å². The highest BCUT2D eigenvalue weighted by Gasteiger charge is 2.19. The van der Waals surface area contributed by atoms with Crippen molar-refractivity contribution in [3.8, 4) is 0 Å². The molecular weight excluding hydrogens is 214 g/mol. The maximum absolute atomic E-state index is 2.67. The Morgan fingerprint density at radius 1 is 1.19 bits per heavy atom. The van der Waals surface area contributed by atoms with E-state index in [1.54, 1.807) is 0 Å². The van der Waals surface area contributed by atoms with E-state index in [9.17, 15) is 0 Å². The van der Waals surface area contributed by atoms with Gasteiger partial charge in [-0.25, -0.2) is 0 Å². The molecule has 0 aromatic heterocycles. The quantitative estimate of drug-likeness (QED) is 0.696. The summed E-state index contributed by atoms with van der Waals surface area (Å²) in [5, 5.41) is 0.827. The molecule has 96 valence electrons. The van der Waals surface area contributed by atoms with Gasteiger partial charge in [0.25, 0.3) is 0 Å². The van der Waals surface area contributed by atoms with Gasteiger partial charge in [-0.05, 0) is 63.4 Å². The van der Waals surface area contributed by atoms with Gasteiger partial charge < -0.3 is 4.90 Å². The SMILES string of the molecule is CSC(C)CCN1CCC(CC(C)C)CC1. The van der Waals surface area contributed by atoms with Crippen molar-refractivity contribution in [2.75, 3.05) is 25.9 Å². The molecule has 1 saturated heterocycles. The standard InChI is InChI=1S/C14H29NS/c1-12(2)11-14-6-9-15(10-7-14)8-5-13(3)16-4/h12-14H,5-11H2,1-4H3. The van der Waals surface area contributed by atoms with E-state index < -0.39 is 0 Å². The highest BCUT2D eigenvalue weighted by Crippen LogP contribution is 2.24. The third kappa shape index (κ3) is 5.58. The molecule has 1 heterocycles. The third-order valence-electron chi connectivity index (χ3n) is 3.77. The maximum atomic E-state index is 2.67. The zero-order valence-electron chi connectivity index (χ0n) is 11.5. The minimum atomic E-state index is 0.827. The van der Waals surface area contributed by atoms with Crippen LogP contribution < -0.4 is 0 Å². The van der Waals surface area contributed by atoms with E-state index in [-0.39, 0.29) is 0 Å². The van der Waals surface area contributed by atoms with E-state index in [4.69, 9.17) is 0 Å². The fourth-order valence-electron chi connectivity index (χ4n) is 2.59. The topological polar surface area (TPSA) is 3.24 Å². The molecule has 1 nitrogen and oxygen atoms in total. The van der Waals surface area contributed by atoms with Crippen molar-refractivity contribution in [2.45, 2.75) is 51.7 Å². The molecule has 0 aromatic carbocycles. The van der Waals surface area contributed by atoms with Crippen molar-refractivity contribution in [3.05, 3.63) is 0 Å². The van der Waals surface area contributed by atoms with Crippen molar-refractivity contribution in [1.29, 1.82) is 0 Å². The Kier molecular flexibility index (Phi) is 6.83. The molecule has 0 bridgehead atoms. The second-order valence-electron chi connectivity index (χ2n) is 5.75. The van der Waals surface area contributed by atoms with Crippen molar-refractivity contribution < 1.29 is 0 Å². The zero-order valence-corrected chi connectivity index (χ0v) is 12.4. The van der Waals surface area contributed by atoms with Crippen molar-refractivity contribution >= 4 is 11.8 Å². The summed E-state index contributed by atoms with van der Waals surface area (Å²) in [7, 11) is 0. The number of thioether (sulfide) groups is 1. The molecule has 1 aliphatic heterocycles. The lowest BCUT2D eigenvalue weighted by Gasteiger charge is -2.33. The Morgan fingerprint density at radius 3 is 2.31 bits per heavy atom. The summed E-state index contributed by atoms with van der Waals surface area (Å²) in [6, 6.07) is 0. The summed E-state index contributed by atoms with van der Waals surface area (Å²) in [4.78, 5) is 2.67. The van der Waals surface area contributed by atoms with Crippen LogP contribution in [0.1, 0.15) is 46.5 Å². The number of rotatable bonds is 6. The van der Waals surface area contributed by atoms with Crippen LogP contribution in [-0.4, -0.2) is 36.0 Å². The lowest BCUT2D eigenvalue weighted by molar-refractivity contribution is 0.169. The first-order chi connectivity index (χ1) is 7.61. The van der Waals surface area contributed by atoms with Gasteiger partial charge in [0.2, 0.25) is 0 Å². The van der Waals surface area contributed by atoms with Crippen LogP contribution in [0.3, 0.4) is 0 Å². The van der Waals surface area contributed by atoms with Crippen molar-refractivity contribution in [2.24, 2.45) is 11.8 Å². The lowest BCUT2D eigenvalue weighted by atomic mass is 9.88. The molecule has 1 fully saturated rings. The minimum absolute atomic E-state index is 0.827. The Morgan fingerprint density at radius 2 is 1.81 bits per heavy atom. The first-order valence-electron chi connectivity index (χ1n) is 6.87. The number of nitrogens with zero attached hydrogens (tertiary/aromatic N) is 1. The molecule has 1 unspecified atom stereocenters. The van der Waals surface area contributed by atoms with E-state index in [0.717, 1.165) is 17.1 Å². The lowest BCUT2D eigenvalue weighted by Crippen LogP contribution is -2.35. The van der Waals surface area contributed by atoms with Crippen LogP contribution in [0.5, 0.6) is 0 Å². The smallest absolute Gasteiger partial charge is 0.00281 e. The van der Waals surface area contributed by atoms with Gasteiger partial charge in [-0.3, -0.25) is 0 Å². The van der Waals surface area contributed by atoms with E-state index in [0.29, 0.717) is 0 Å². The van der Waals surface area contributed by atoms with Crippen LogP contribution in [0.15, 0.2) is 0 Å². The van der Waals surface area contributed by atoms with Gasteiger partial charge in [-0.2, -0.15) is 11.8 Å². The molecule has 1 atom stereocenters. The largest absolute Gasteiger partial charge is 0.303 e. The fraction of sp³-hybridized carbons (Fsp3) is 1.00. The highest BCUT2D eigenvalue weighted by molar-refractivity contribution is 7.99. The number of likely N-dealkylation sites (tertiary alicyclic amines) is 1. The van der Waals surface area contributed by atoms with E-state index >= 15 is 0 Å². The Bertz CT molecular complexity index is 174. The molecule has 0 spiro atoms. The third-order valence-corrected chi connectivity index (χ3v) is 4.81. The highest BCUT2D eigenvalue weighted by atomic mass is 32.2. The zero-order chi connectivity index (χ0) is 12.0. The van der Waals surface area contributed by atoms with Crippen LogP contribution in [0.2, 0.25) is 0 Å². The van der Waals surface area contributed by atoms with E-state index in [1.165, 1.54) is 45.3 Å². The van der Waals surface area contributed by atoms with Crippen LogP contribution in [-0.2, 0) is 0 Å². The molecular formula is C14H29NS. The molecule has 1 aliphatic rings. The summed E-state index contributed by atoms with van der Waals surface area (Å²) in [6.45, 7) is 11.1. The van der Waals surface area contributed by atoms with E-state index in [2.05, 4.69) is 31.9 Å². The molecule has 0 amide bonds. The summed E-state index contributed by atoms with van der Waals surface area (Å²) < 4.78 is 0. The van der Waals surface area contributed by atoms with Gasteiger partial charge in [-0.1, -0.05) is 20.8 Å². The number of hydrogen-bond donors (Lipinski definition) is 0. The average molecular weight is 243 g/mol. The molecule has 0 aromatic rings. The summed E-state index contributed by atoms with van der Waals surface area (Å²) in [5.74, 6) is 1.89. The summed E-state index contributed by atoms with van der Waals surface area (Å²) in [6.07, 6.45) is 7.89. The molecule has 16 heavy (non-hydrogen) atoms. The normalized spacial score (nSPS) is 21.6. The second-order valence-corrected chi connectivity index (χ2v) is 7.03. The monoisotopic (exact) mass is 243 g/mol. The summed E-state index contributed by atoms with van der Waals surface area (Å²) >= 11 is 2.00. The predicted molar refractivity (Wildman–Crippen MR) is 76.2 cm³/mol. The predicted octanol–water partition coefficient (Wildman–Crippen LogP) is 3.89. The maximum Gasteiger partial charge on any atom is 0.00281 e. The molecule has 0 radical (unpaired) electrons. The van der Waals surface area contributed by atoms with Gasteiger partial charge in [-0.15, -0.1) is 0 Å².